The van der Waals surface area contributed by atoms with Crippen LogP contribution < -0.4 is 0 Å². The molecule has 0 saturated carbocycles. The molecule has 3 rings (SSSR count). The van der Waals surface area contributed by atoms with Gasteiger partial charge in [-0.25, -0.2) is 4.98 Å². The number of aromatic nitrogens is 2. The Morgan fingerprint density at radius 3 is 2.55 bits per heavy atom. The van der Waals surface area contributed by atoms with Crippen LogP contribution in [0, 0.1) is 11.3 Å². The molecule has 0 radical (unpaired) electrons. The Morgan fingerprint density at radius 2 is 1.75 bits per heavy atom. The minimum absolute atomic E-state index is 0.351. The topological polar surface area (TPSA) is 41.6 Å². The minimum atomic E-state index is 0.351. The van der Waals surface area contributed by atoms with Crippen LogP contribution in [0.1, 0.15) is 11.4 Å². The smallest absolute Gasteiger partial charge is 0.124 e. The van der Waals surface area contributed by atoms with Crippen LogP contribution in [0.2, 0.25) is 0 Å². The van der Waals surface area contributed by atoms with Crippen molar-refractivity contribution in [1.29, 1.82) is 5.26 Å². The van der Waals surface area contributed by atoms with Gasteiger partial charge < -0.3 is 4.57 Å². The van der Waals surface area contributed by atoms with Crippen molar-refractivity contribution >= 4 is 11.0 Å². The van der Waals surface area contributed by atoms with Crippen LogP contribution in [-0.4, -0.2) is 9.55 Å². The van der Waals surface area contributed by atoms with Crippen LogP contribution in [0.5, 0.6) is 0 Å². The molecule has 98 valence electrons. The monoisotopic (exact) mass is 261 g/mol. The van der Waals surface area contributed by atoms with Crippen molar-refractivity contribution in [2.45, 2.75) is 19.4 Å². The van der Waals surface area contributed by atoms with E-state index in [0.717, 1.165) is 29.8 Å². The zero-order chi connectivity index (χ0) is 13.8. The molecule has 0 bridgehead atoms. The lowest BCUT2D eigenvalue weighted by atomic mass is 10.1. The lowest BCUT2D eigenvalue weighted by molar-refractivity contribution is 0.683. The van der Waals surface area contributed by atoms with Gasteiger partial charge in [0.25, 0.3) is 0 Å². The molecular weight excluding hydrogens is 246 g/mol. The van der Waals surface area contributed by atoms with Crippen molar-refractivity contribution in [2.75, 3.05) is 0 Å². The van der Waals surface area contributed by atoms with Crippen LogP contribution in [0.25, 0.3) is 11.0 Å². The van der Waals surface area contributed by atoms with Gasteiger partial charge in [0.15, 0.2) is 0 Å². The standard InChI is InChI=1S/C17H15N3/c18-12-10-17-19-15-8-4-5-9-16(15)20(17)13-11-14-6-2-1-3-7-14/h1-9H,10-11,13H2. The molecule has 2 aromatic carbocycles. The molecule has 1 aromatic heterocycles. The van der Waals surface area contributed by atoms with Gasteiger partial charge in [0.05, 0.1) is 23.5 Å². The summed E-state index contributed by atoms with van der Waals surface area (Å²) in [7, 11) is 0. The summed E-state index contributed by atoms with van der Waals surface area (Å²) in [6.07, 6.45) is 1.29. The highest BCUT2D eigenvalue weighted by Gasteiger charge is 2.09. The average Bonchev–Trinajstić information content (AvgIpc) is 2.84. The van der Waals surface area contributed by atoms with Crippen LogP contribution >= 0.6 is 0 Å². The molecule has 0 fully saturated rings. The molecule has 1 heterocycles. The number of benzene rings is 2. The molecule has 0 spiro atoms. The zero-order valence-electron chi connectivity index (χ0n) is 11.2. The molecule has 0 saturated heterocycles. The van der Waals surface area contributed by atoms with Gasteiger partial charge in [-0.1, -0.05) is 42.5 Å². The number of para-hydroxylation sites is 2. The van der Waals surface area contributed by atoms with E-state index in [-0.39, 0.29) is 0 Å². The highest BCUT2D eigenvalue weighted by atomic mass is 15.1. The lowest BCUT2D eigenvalue weighted by Gasteiger charge is -2.07. The maximum atomic E-state index is 8.95. The third kappa shape index (κ3) is 2.41. The zero-order valence-corrected chi connectivity index (χ0v) is 11.2. The van der Waals surface area contributed by atoms with Crippen LogP contribution in [0.3, 0.4) is 0 Å². The molecule has 0 atom stereocenters. The first-order chi connectivity index (χ1) is 9.88. The molecule has 3 aromatic rings. The van der Waals surface area contributed by atoms with Crippen molar-refractivity contribution in [2.24, 2.45) is 0 Å². The van der Waals surface area contributed by atoms with Crippen LogP contribution in [0.4, 0.5) is 0 Å². The van der Waals surface area contributed by atoms with Crippen LogP contribution in [-0.2, 0) is 19.4 Å². The second kappa shape index (κ2) is 5.58. The van der Waals surface area contributed by atoms with Gasteiger partial charge in [-0.3, -0.25) is 0 Å². The summed E-state index contributed by atoms with van der Waals surface area (Å²) in [5.41, 5.74) is 3.37. The molecule has 3 nitrogen and oxygen atoms in total. The van der Waals surface area contributed by atoms with Crippen molar-refractivity contribution in [3.05, 3.63) is 66.0 Å². The largest absolute Gasteiger partial charge is 0.327 e. The molecule has 20 heavy (non-hydrogen) atoms. The van der Waals surface area contributed by atoms with E-state index >= 15 is 0 Å². The number of hydrogen-bond acceptors (Lipinski definition) is 2. The Hall–Kier alpha value is -2.60. The SMILES string of the molecule is N#CCc1nc2ccccc2n1CCc1ccccc1. The summed E-state index contributed by atoms with van der Waals surface area (Å²) in [5, 5.41) is 8.95. The Bertz CT molecular complexity index is 751. The van der Waals surface area contributed by atoms with Crippen molar-refractivity contribution in [3.63, 3.8) is 0 Å². The maximum absolute atomic E-state index is 8.95. The first-order valence-corrected chi connectivity index (χ1v) is 6.73. The molecular formula is C17H15N3. The van der Waals surface area contributed by atoms with E-state index in [2.05, 4.69) is 46.0 Å². The predicted molar refractivity (Wildman–Crippen MR) is 79.2 cm³/mol. The van der Waals surface area contributed by atoms with Gasteiger partial charge in [-0.2, -0.15) is 5.26 Å². The number of nitrogens with zero attached hydrogens (tertiary/aromatic N) is 3. The average molecular weight is 261 g/mol. The molecule has 3 heteroatoms. The first-order valence-electron chi connectivity index (χ1n) is 6.73. The van der Waals surface area contributed by atoms with Crippen LogP contribution in [0.15, 0.2) is 54.6 Å². The predicted octanol–water partition coefficient (Wildman–Crippen LogP) is 3.35. The maximum Gasteiger partial charge on any atom is 0.124 e. The van der Waals surface area contributed by atoms with Gasteiger partial charge in [-0.05, 0) is 24.1 Å². The van der Waals surface area contributed by atoms with E-state index in [1.54, 1.807) is 0 Å². The van der Waals surface area contributed by atoms with Crippen molar-refractivity contribution < 1.29 is 0 Å². The van der Waals surface area contributed by atoms with E-state index in [1.807, 2.05) is 24.3 Å². The van der Waals surface area contributed by atoms with E-state index in [0.29, 0.717) is 6.42 Å². The number of nitriles is 1. The van der Waals surface area contributed by atoms with E-state index in [9.17, 15) is 0 Å². The fraction of sp³-hybridized carbons (Fsp3) is 0.176. The van der Waals surface area contributed by atoms with Gasteiger partial charge >= 0.3 is 0 Å². The highest BCUT2D eigenvalue weighted by molar-refractivity contribution is 5.76. The highest BCUT2D eigenvalue weighted by Crippen LogP contribution is 2.17. The Morgan fingerprint density at radius 1 is 1.00 bits per heavy atom. The fourth-order valence-corrected chi connectivity index (χ4v) is 2.47. The number of rotatable bonds is 4. The third-order valence-electron chi connectivity index (χ3n) is 3.44. The molecule has 0 amide bonds. The van der Waals surface area contributed by atoms with Crippen molar-refractivity contribution in [3.8, 4) is 6.07 Å². The number of imidazole rings is 1. The number of hydrogen-bond donors (Lipinski definition) is 0. The fourth-order valence-electron chi connectivity index (χ4n) is 2.47. The quantitative estimate of drug-likeness (QED) is 0.722. The second-order valence-corrected chi connectivity index (χ2v) is 4.74. The minimum Gasteiger partial charge on any atom is -0.327 e. The molecule has 0 aliphatic carbocycles. The van der Waals surface area contributed by atoms with Gasteiger partial charge in [0.1, 0.15) is 5.82 Å². The Kier molecular flexibility index (Phi) is 3.47. The molecule has 0 N–H and O–H groups in total. The number of fused-ring (bicyclic) bond motifs is 1. The number of aryl methyl sites for hydroxylation is 2. The van der Waals surface area contributed by atoms with Crippen molar-refractivity contribution in [1.82, 2.24) is 9.55 Å². The summed E-state index contributed by atoms with van der Waals surface area (Å²) in [6.45, 7) is 0.849. The van der Waals surface area contributed by atoms with Gasteiger partial charge in [0.2, 0.25) is 0 Å². The summed E-state index contributed by atoms with van der Waals surface area (Å²) in [4.78, 5) is 4.56. The van der Waals surface area contributed by atoms with Gasteiger partial charge in [-0.15, -0.1) is 0 Å². The summed E-state index contributed by atoms with van der Waals surface area (Å²) in [5.74, 6) is 0.852. The summed E-state index contributed by atoms with van der Waals surface area (Å²) < 4.78 is 2.16. The summed E-state index contributed by atoms with van der Waals surface area (Å²) in [6, 6.07) is 20.6. The lowest BCUT2D eigenvalue weighted by Crippen LogP contribution is -2.05. The molecule has 0 aliphatic heterocycles. The van der Waals surface area contributed by atoms with E-state index < -0.39 is 0 Å². The van der Waals surface area contributed by atoms with Gasteiger partial charge in [0, 0.05) is 6.54 Å². The summed E-state index contributed by atoms with van der Waals surface area (Å²) >= 11 is 0. The first kappa shape index (κ1) is 12.4. The molecule has 0 unspecified atom stereocenters. The Balaban J connectivity index is 1.93. The molecule has 0 aliphatic rings. The Labute approximate surface area is 118 Å². The normalized spacial score (nSPS) is 10.6. The second-order valence-electron chi connectivity index (χ2n) is 4.74. The van der Waals surface area contributed by atoms with E-state index in [4.69, 9.17) is 5.26 Å². The van der Waals surface area contributed by atoms with E-state index in [1.165, 1.54) is 5.56 Å². The third-order valence-corrected chi connectivity index (χ3v) is 3.44.